The average Bonchev–Trinajstić information content (AvgIpc) is 2.83. The number of carbonyl (C=O) groups is 2. The summed E-state index contributed by atoms with van der Waals surface area (Å²) in [6.45, 7) is 0.223. The molecule has 8 nitrogen and oxygen atoms in total. The van der Waals surface area contributed by atoms with E-state index in [1.807, 2.05) is 12.1 Å². The Bertz CT molecular complexity index is 863. The van der Waals surface area contributed by atoms with Gasteiger partial charge >= 0.3 is 11.9 Å². The van der Waals surface area contributed by atoms with Crippen molar-refractivity contribution in [1.29, 1.82) is 10.5 Å². The molecule has 0 saturated carbocycles. The largest absolute Gasteiger partial charge is 0.482 e. The smallest absolute Gasteiger partial charge is 0.344 e. The van der Waals surface area contributed by atoms with Gasteiger partial charge in [0, 0.05) is 0 Å². The van der Waals surface area contributed by atoms with Crippen molar-refractivity contribution in [3.05, 3.63) is 59.7 Å². The van der Waals surface area contributed by atoms with Crippen molar-refractivity contribution in [3.8, 4) is 23.6 Å². The highest BCUT2D eigenvalue weighted by molar-refractivity contribution is 5.71. The van der Waals surface area contributed by atoms with Gasteiger partial charge in [0.25, 0.3) is 0 Å². The SMILES string of the molecule is N#Cc1ccc(OCC(=O)OCCCCCCOC(=O)COc2ccc(C#N)cc2)cc1. The lowest BCUT2D eigenvalue weighted by Crippen LogP contribution is -2.16. The Morgan fingerprint density at radius 3 is 1.34 bits per heavy atom. The standard InChI is InChI=1S/C24H24N2O6/c25-15-19-5-9-21(10-6-19)31-17-23(27)29-13-3-1-2-4-14-30-24(28)18-32-22-11-7-20(16-26)8-12-22/h5-12H,1-4,13-14,17-18H2. The van der Waals surface area contributed by atoms with Crippen LogP contribution in [0.2, 0.25) is 0 Å². The van der Waals surface area contributed by atoms with Crippen LogP contribution in [-0.2, 0) is 19.1 Å². The molecule has 2 rings (SSSR count). The zero-order valence-electron chi connectivity index (χ0n) is 17.6. The Morgan fingerprint density at radius 1 is 0.625 bits per heavy atom. The third-order valence-corrected chi connectivity index (χ3v) is 4.24. The number of nitrogens with zero attached hydrogens (tertiary/aromatic N) is 2. The topological polar surface area (TPSA) is 119 Å². The minimum atomic E-state index is -0.453. The van der Waals surface area contributed by atoms with Gasteiger partial charge in [-0.15, -0.1) is 0 Å². The van der Waals surface area contributed by atoms with E-state index in [-0.39, 0.29) is 13.2 Å². The molecule has 0 unspecified atom stereocenters. The quantitative estimate of drug-likeness (QED) is 0.346. The number of rotatable bonds is 13. The van der Waals surface area contributed by atoms with Gasteiger partial charge in [0.1, 0.15) is 11.5 Å². The number of nitriles is 2. The van der Waals surface area contributed by atoms with Crippen LogP contribution in [0.1, 0.15) is 36.8 Å². The molecule has 0 fully saturated rings. The molecule has 0 aromatic heterocycles. The van der Waals surface area contributed by atoms with Gasteiger partial charge in [0.05, 0.1) is 36.5 Å². The first kappa shape index (κ1) is 24.2. The summed E-state index contributed by atoms with van der Waals surface area (Å²) in [6, 6.07) is 17.0. The zero-order chi connectivity index (χ0) is 23.0. The molecule has 0 amide bonds. The predicted molar refractivity (Wildman–Crippen MR) is 114 cm³/mol. The second-order valence-electron chi connectivity index (χ2n) is 6.70. The number of carbonyl (C=O) groups excluding carboxylic acids is 2. The van der Waals surface area contributed by atoms with E-state index in [4.69, 9.17) is 29.5 Å². The van der Waals surface area contributed by atoms with Crippen LogP contribution in [-0.4, -0.2) is 38.4 Å². The minimum absolute atomic E-state index is 0.188. The summed E-state index contributed by atoms with van der Waals surface area (Å²) in [5, 5.41) is 17.5. The van der Waals surface area contributed by atoms with Crippen molar-refractivity contribution >= 4 is 11.9 Å². The fraction of sp³-hybridized carbons (Fsp3) is 0.333. The molecule has 0 spiro atoms. The Balaban J connectivity index is 1.43. The number of hydrogen-bond donors (Lipinski definition) is 0. The van der Waals surface area contributed by atoms with Crippen molar-refractivity contribution in [2.24, 2.45) is 0 Å². The van der Waals surface area contributed by atoms with Crippen LogP contribution in [0.4, 0.5) is 0 Å². The molecule has 0 aliphatic carbocycles. The molecular formula is C24H24N2O6. The molecule has 0 N–H and O–H groups in total. The van der Waals surface area contributed by atoms with Gasteiger partial charge in [-0.3, -0.25) is 0 Å². The van der Waals surface area contributed by atoms with Crippen LogP contribution in [0.3, 0.4) is 0 Å². The second-order valence-corrected chi connectivity index (χ2v) is 6.70. The summed E-state index contributed by atoms with van der Waals surface area (Å²) in [7, 11) is 0. The maximum absolute atomic E-state index is 11.7. The number of benzene rings is 2. The molecular weight excluding hydrogens is 412 g/mol. The molecule has 2 aromatic rings. The first-order chi connectivity index (χ1) is 15.6. The monoisotopic (exact) mass is 436 g/mol. The third-order valence-electron chi connectivity index (χ3n) is 4.24. The fourth-order valence-electron chi connectivity index (χ4n) is 2.55. The summed E-state index contributed by atoms with van der Waals surface area (Å²) in [4.78, 5) is 23.3. The van der Waals surface area contributed by atoms with Gasteiger partial charge < -0.3 is 18.9 Å². The highest BCUT2D eigenvalue weighted by atomic mass is 16.6. The summed E-state index contributed by atoms with van der Waals surface area (Å²) < 4.78 is 20.8. The number of hydrogen-bond acceptors (Lipinski definition) is 8. The third kappa shape index (κ3) is 9.64. The van der Waals surface area contributed by atoms with Gasteiger partial charge in [-0.05, 0) is 74.2 Å². The van der Waals surface area contributed by atoms with E-state index in [0.717, 1.165) is 12.8 Å². The molecule has 0 heterocycles. The summed E-state index contributed by atoms with van der Waals surface area (Å²) in [6.07, 6.45) is 3.09. The van der Waals surface area contributed by atoms with Crippen LogP contribution in [0.15, 0.2) is 48.5 Å². The van der Waals surface area contributed by atoms with Crippen molar-refractivity contribution in [2.75, 3.05) is 26.4 Å². The number of esters is 2. The molecule has 0 aliphatic rings. The molecule has 8 heteroatoms. The minimum Gasteiger partial charge on any atom is -0.482 e. The zero-order valence-corrected chi connectivity index (χ0v) is 17.6. The van der Waals surface area contributed by atoms with E-state index >= 15 is 0 Å². The molecule has 0 bridgehead atoms. The maximum Gasteiger partial charge on any atom is 0.344 e. The first-order valence-corrected chi connectivity index (χ1v) is 10.2. The molecule has 0 atom stereocenters. The number of unbranched alkanes of at least 4 members (excludes halogenated alkanes) is 3. The molecule has 2 aromatic carbocycles. The molecule has 0 saturated heterocycles. The summed E-state index contributed by atoms with van der Waals surface area (Å²) in [5.41, 5.74) is 1.04. The maximum atomic E-state index is 11.7. The van der Waals surface area contributed by atoms with Crippen LogP contribution in [0, 0.1) is 22.7 Å². The highest BCUT2D eigenvalue weighted by Gasteiger charge is 2.06. The van der Waals surface area contributed by atoms with Gasteiger partial charge in [0.15, 0.2) is 13.2 Å². The highest BCUT2D eigenvalue weighted by Crippen LogP contribution is 2.12. The van der Waals surface area contributed by atoms with E-state index in [2.05, 4.69) is 0 Å². The normalized spacial score (nSPS) is 9.81. The Kier molecular flexibility index (Phi) is 10.6. The van der Waals surface area contributed by atoms with E-state index in [1.165, 1.54) is 0 Å². The summed E-state index contributed by atoms with van der Waals surface area (Å²) >= 11 is 0. The van der Waals surface area contributed by atoms with Gasteiger partial charge in [-0.2, -0.15) is 10.5 Å². The van der Waals surface area contributed by atoms with Crippen LogP contribution in [0.25, 0.3) is 0 Å². The Morgan fingerprint density at radius 2 is 1.00 bits per heavy atom. The second kappa shape index (κ2) is 14.1. The molecule has 0 radical (unpaired) electrons. The summed E-state index contributed by atoms with van der Waals surface area (Å²) in [5.74, 6) is 0.0895. The number of ether oxygens (including phenoxy) is 4. The Labute approximate surface area is 186 Å². The lowest BCUT2D eigenvalue weighted by atomic mass is 10.2. The van der Waals surface area contributed by atoms with Crippen LogP contribution >= 0.6 is 0 Å². The lowest BCUT2D eigenvalue weighted by molar-refractivity contribution is -0.147. The first-order valence-electron chi connectivity index (χ1n) is 10.2. The van der Waals surface area contributed by atoms with Gasteiger partial charge in [0.2, 0.25) is 0 Å². The fourth-order valence-corrected chi connectivity index (χ4v) is 2.55. The lowest BCUT2D eigenvalue weighted by Gasteiger charge is -2.08. The van der Waals surface area contributed by atoms with Crippen LogP contribution in [0.5, 0.6) is 11.5 Å². The van der Waals surface area contributed by atoms with E-state index in [9.17, 15) is 9.59 Å². The molecule has 32 heavy (non-hydrogen) atoms. The van der Waals surface area contributed by atoms with Crippen molar-refractivity contribution in [1.82, 2.24) is 0 Å². The Hall–Kier alpha value is -4.04. The van der Waals surface area contributed by atoms with Gasteiger partial charge in [-0.25, -0.2) is 9.59 Å². The van der Waals surface area contributed by atoms with Crippen molar-refractivity contribution < 1.29 is 28.5 Å². The average molecular weight is 436 g/mol. The van der Waals surface area contributed by atoms with E-state index in [0.29, 0.717) is 48.7 Å². The molecule has 0 aliphatic heterocycles. The van der Waals surface area contributed by atoms with Gasteiger partial charge in [-0.1, -0.05) is 0 Å². The van der Waals surface area contributed by atoms with Crippen molar-refractivity contribution in [3.63, 3.8) is 0 Å². The molecule has 166 valence electrons. The predicted octanol–water partition coefficient (Wildman–Crippen LogP) is 3.53. The van der Waals surface area contributed by atoms with E-state index in [1.54, 1.807) is 48.5 Å². The van der Waals surface area contributed by atoms with E-state index < -0.39 is 11.9 Å². The van der Waals surface area contributed by atoms with Crippen LogP contribution < -0.4 is 9.47 Å². The van der Waals surface area contributed by atoms with Crippen molar-refractivity contribution in [2.45, 2.75) is 25.7 Å².